The standard InChI is InChI=1S/C22H31N3S/c1-18-4-5-20(26-18)22(24(2)3)10-8-21(9-11-22)12-15-25(17-21)16-19-6-13-23-14-7-19/h4-7,13-14H,8-12,15-17H2,1-3H3. The number of pyridine rings is 1. The molecule has 2 fully saturated rings. The SMILES string of the molecule is Cc1ccc(C2(N(C)C)CCC3(CCN(Cc4ccncc4)C3)CC2)s1. The molecule has 4 heteroatoms. The predicted octanol–water partition coefficient (Wildman–Crippen LogP) is 4.67. The van der Waals surface area contributed by atoms with Crippen LogP contribution in [0.3, 0.4) is 0 Å². The van der Waals surface area contributed by atoms with Gasteiger partial charge in [-0.15, -0.1) is 11.3 Å². The van der Waals surface area contributed by atoms with Gasteiger partial charge in [-0.3, -0.25) is 14.8 Å². The molecule has 1 spiro atoms. The molecule has 1 aliphatic carbocycles. The monoisotopic (exact) mass is 369 g/mol. The van der Waals surface area contributed by atoms with Crippen LogP contribution in [0, 0.1) is 12.3 Å². The van der Waals surface area contributed by atoms with Gasteiger partial charge in [-0.2, -0.15) is 0 Å². The van der Waals surface area contributed by atoms with Gasteiger partial charge in [0.1, 0.15) is 0 Å². The molecule has 3 nitrogen and oxygen atoms in total. The number of hydrogen-bond acceptors (Lipinski definition) is 4. The average Bonchev–Trinajstić information content (AvgIpc) is 3.24. The van der Waals surface area contributed by atoms with Crippen molar-refractivity contribution in [2.75, 3.05) is 27.2 Å². The summed E-state index contributed by atoms with van der Waals surface area (Å²) in [6, 6.07) is 8.98. The predicted molar refractivity (Wildman–Crippen MR) is 109 cm³/mol. The van der Waals surface area contributed by atoms with E-state index in [-0.39, 0.29) is 5.54 Å². The van der Waals surface area contributed by atoms with Crippen LogP contribution >= 0.6 is 11.3 Å². The minimum absolute atomic E-state index is 0.253. The summed E-state index contributed by atoms with van der Waals surface area (Å²) in [7, 11) is 4.55. The molecule has 26 heavy (non-hydrogen) atoms. The maximum absolute atomic E-state index is 4.14. The first-order valence-electron chi connectivity index (χ1n) is 9.87. The van der Waals surface area contributed by atoms with E-state index in [9.17, 15) is 0 Å². The molecule has 1 saturated carbocycles. The van der Waals surface area contributed by atoms with E-state index in [0.29, 0.717) is 5.41 Å². The summed E-state index contributed by atoms with van der Waals surface area (Å²) in [5.41, 5.74) is 2.19. The number of rotatable bonds is 4. The Balaban J connectivity index is 1.44. The van der Waals surface area contributed by atoms with Gasteiger partial charge in [0.2, 0.25) is 0 Å². The Morgan fingerprint density at radius 1 is 1.04 bits per heavy atom. The molecule has 0 unspecified atom stereocenters. The van der Waals surface area contributed by atoms with E-state index < -0.39 is 0 Å². The van der Waals surface area contributed by atoms with Crippen LogP contribution in [-0.2, 0) is 12.1 Å². The fourth-order valence-electron chi connectivity index (χ4n) is 5.11. The molecule has 0 N–H and O–H groups in total. The number of thiophene rings is 1. The summed E-state index contributed by atoms with van der Waals surface area (Å²) in [6.07, 6.45) is 10.5. The van der Waals surface area contributed by atoms with E-state index in [1.165, 1.54) is 55.6 Å². The number of hydrogen-bond donors (Lipinski definition) is 0. The fraction of sp³-hybridized carbons (Fsp3) is 0.591. The van der Waals surface area contributed by atoms with Crippen LogP contribution in [0.2, 0.25) is 0 Å². The molecule has 2 aromatic heterocycles. The van der Waals surface area contributed by atoms with Gasteiger partial charge in [0.15, 0.2) is 0 Å². The smallest absolute Gasteiger partial charge is 0.0549 e. The van der Waals surface area contributed by atoms with Crippen molar-refractivity contribution >= 4 is 11.3 Å². The molecular formula is C22H31N3S. The molecule has 2 aliphatic rings. The molecule has 3 heterocycles. The van der Waals surface area contributed by atoms with Crippen LogP contribution in [-0.4, -0.2) is 42.0 Å². The molecule has 0 atom stereocenters. The largest absolute Gasteiger partial charge is 0.299 e. The molecule has 0 amide bonds. The lowest BCUT2D eigenvalue weighted by Gasteiger charge is -2.48. The van der Waals surface area contributed by atoms with Crippen LogP contribution in [0.5, 0.6) is 0 Å². The highest BCUT2D eigenvalue weighted by Gasteiger charge is 2.48. The van der Waals surface area contributed by atoms with Gasteiger partial charge in [-0.05, 0) is 94.9 Å². The third-order valence-electron chi connectivity index (χ3n) is 6.87. The second kappa shape index (κ2) is 7.06. The van der Waals surface area contributed by atoms with Crippen molar-refractivity contribution in [3.05, 3.63) is 52.0 Å². The van der Waals surface area contributed by atoms with Crippen molar-refractivity contribution in [2.24, 2.45) is 5.41 Å². The first-order chi connectivity index (χ1) is 12.5. The van der Waals surface area contributed by atoms with Crippen molar-refractivity contribution < 1.29 is 0 Å². The Hall–Kier alpha value is -1.23. The number of likely N-dealkylation sites (tertiary alicyclic amines) is 1. The van der Waals surface area contributed by atoms with E-state index in [2.05, 4.69) is 60.1 Å². The Labute approximate surface area is 162 Å². The summed E-state index contributed by atoms with van der Waals surface area (Å²) in [5.74, 6) is 0. The topological polar surface area (TPSA) is 19.4 Å². The quantitative estimate of drug-likeness (QED) is 0.780. The molecule has 0 bridgehead atoms. The highest BCUT2D eigenvalue weighted by Crippen LogP contribution is 2.53. The third kappa shape index (κ3) is 3.35. The van der Waals surface area contributed by atoms with Gasteiger partial charge in [-0.1, -0.05) is 0 Å². The molecule has 4 rings (SSSR count). The van der Waals surface area contributed by atoms with Gasteiger partial charge in [0, 0.05) is 35.2 Å². The van der Waals surface area contributed by atoms with Gasteiger partial charge in [0.05, 0.1) is 5.54 Å². The Bertz CT molecular complexity index is 729. The Morgan fingerprint density at radius 2 is 1.77 bits per heavy atom. The van der Waals surface area contributed by atoms with Gasteiger partial charge >= 0.3 is 0 Å². The minimum Gasteiger partial charge on any atom is -0.299 e. The van der Waals surface area contributed by atoms with Gasteiger partial charge in [0.25, 0.3) is 0 Å². The summed E-state index contributed by atoms with van der Waals surface area (Å²) >= 11 is 2.00. The Morgan fingerprint density at radius 3 is 2.38 bits per heavy atom. The summed E-state index contributed by atoms with van der Waals surface area (Å²) in [5, 5.41) is 0. The van der Waals surface area contributed by atoms with Crippen LogP contribution in [0.4, 0.5) is 0 Å². The van der Waals surface area contributed by atoms with Crippen molar-refractivity contribution in [1.29, 1.82) is 0 Å². The highest BCUT2D eigenvalue weighted by molar-refractivity contribution is 7.12. The summed E-state index contributed by atoms with van der Waals surface area (Å²) in [4.78, 5) is 12.3. The van der Waals surface area contributed by atoms with Gasteiger partial charge < -0.3 is 0 Å². The molecule has 1 saturated heterocycles. The van der Waals surface area contributed by atoms with Crippen molar-refractivity contribution in [1.82, 2.24) is 14.8 Å². The van der Waals surface area contributed by atoms with E-state index in [0.717, 1.165) is 6.54 Å². The zero-order valence-corrected chi connectivity index (χ0v) is 17.2. The maximum atomic E-state index is 4.14. The van der Waals surface area contributed by atoms with E-state index in [1.54, 1.807) is 4.88 Å². The van der Waals surface area contributed by atoms with E-state index in [1.807, 2.05) is 23.7 Å². The second-order valence-corrected chi connectivity index (χ2v) is 9.94. The summed E-state index contributed by atoms with van der Waals surface area (Å²) < 4.78 is 0. The molecule has 140 valence electrons. The fourth-order valence-corrected chi connectivity index (χ4v) is 6.31. The molecule has 2 aromatic rings. The normalized spacial score (nSPS) is 29.7. The molecular weight excluding hydrogens is 338 g/mol. The zero-order valence-electron chi connectivity index (χ0n) is 16.4. The van der Waals surface area contributed by atoms with Gasteiger partial charge in [-0.25, -0.2) is 0 Å². The van der Waals surface area contributed by atoms with E-state index in [4.69, 9.17) is 0 Å². The van der Waals surface area contributed by atoms with Crippen LogP contribution in [0.25, 0.3) is 0 Å². The number of nitrogens with zero attached hydrogens (tertiary/aromatic N) is 3. The first-order valence-corrected chi connectivity index (χ1v) is 10.7. The lowest BCUT2D eigenvalue weighted by atomic mass is 9.66. The second-order valence-electron chi connectivity index (χ2n) is 8.65. The molecule has 0 radical (unpaired) electrons. The molecule has 0 aromatic carbocycles. The lowest BCUT2D eigenvalue weighted by molar-refractivity contribution is 0.0404. The van der Waals surface area contributed by atoms with Crippen molar-refractivity contribution in [3.8, 4) is 0 Å². The highest BCUT2D eigenvalue weighted by atomic mass is 32.1. The Kier molecular flexibility index (Phi) is 4.93. The van der Waals surface area contributed by atoms with Crippen molar-refractivity contribution in [2.45, 2.75) is 51.1 Å². The number of aryl methyl sites for hydroxylation is 1. The van der Waals surface area contributed by atoms with Crippen LogP contribution < -0.4 is 0 Å². The minimum atomic E-state index is 0.253. The molecule has 1 aliphatic heterocycles. The van der Waals surface area contributed by atoms with Crippen LogP contribution in [0.15, 0.2) is 36.7 Å². The third-order valence-corrected chi connectivity index (χ3v) is 8.06. The summed E-state index contributed by atoms with van der Waals surface area (Å²) in [6.45, 7) is 5.82. The first kappa shape index (κ1) is 18.1. The lowest BCUT2D eigenvalue weighted by Crippen LogP contribution is -2.47. The average molecular weight is 370 g/mol. The zero-order chi connectivity index (χ0) is 18.2. The number of aromatic nitrogens is 1. The van der Waals surface area contributed by atoms with Crippen molar-refractivity contribution in [3.63, 3.8) is 0 Å². The maximum Gasteiger partial charge on any atom is 0.0549 e. The van der Waals surface area contributed by atoms with Crippen LogP contribution in [0.1, 0.15) is 47.4 Å². The van der Waals surface area contributed by atoms with E-state index >= 15 is 0 Å².